The summed E-state index contributed by atoms with van der Waals surface area (Å²) < 4.78 is 5.36. The van der Waals surface area contributed by atoms with E-state index in [1.165, 1.54) is 0 Å². The Hall–Kier alpha value is -2.49. The predicted octanol–water partition coefficient (Wildman–Crippen LogP) is 2.82. The molecule has 4 heteroatoms. The van der Waals surface area contributed by atoms with Crippen LogP contribution in [0.5, 0.6) is 5.75 Å². The number of methoxy groups -OCH3 is 1. The lowest BCUT2D eigenvalue weighted by Crippen LogP contribution is -1.92. The minimum absolute atomic E-state index is 0.686. The van der Waals surface area contributed by atoms with Gasteiger partial charge in [0, 0.05) is 40.7 Å². The molecule has 0 saturated carbocycles. The second-order valence-electron chi connectivity index (χ2n) is 4.10. The van der Waals surface area contributed by atoms with Crippen LogP contribution in [0.4, 0.5) is 5.69 Å². The Labute approximate surface area is 104 Å². The summed E-state index contributed by atoms with van der Waals surface area (Å²) in [5.41, 5.74) is 9.32. The van der Waals surface area contributed by atoms with Crippen molar-refractivity contribution in [3.63, 3.8) is 0 Å². The van der Waals surface area contributed by atoms with E-state index in [1.54, 1.807) is 7.11 Å². The van der Waals surface area contributed by atoms with E-state index in [-0.39, 0.29) is 0 Å². The number of aromatic amines is 1. The lowest BCUT2D eigenvalue weighted by Gasteiger charge is -2.09. The molecule has 2 aromatic heterocycles. The zero-order valence-electron chi connectivity index (χ0n) is 9.97. The normalized spacial score (nSPS) is 10.7. The van der Waals surface area contributed by atoms with E-state index >= 15 is 0 Å². The van der Waals surface area contributed by atoms with Gasteiger partial charge in [-0.05, 0) is 24.3 Å². The van der Waals surface area contributed by atoms with Gasteiger partial charge in [-0.1, -0.05) is 0 Å². The average Bonchev–Trinajstić information content (AvgIpc) is 2.85. The summed E-state index contributed by atoms with van der Waals surface area (Å²) in [6, 6.07) is 9.70. The van der Waals surface area contributed by atoms with Crippen LogP contribution in [0.25, 0.3) is 22.2 Å². The highest BCUT2D eigenvalue weighted by atomic mass is 16.5. The zero-order valence-corrected chi connectivity index (χ0v) is 9.97. The number of nitrogens with two attached hydrogens (primary N) is 1. The van der Waals surface area contributed by atoms with Crippen molar-refractivity contribution in [2.24, 2.45) is 0 Å². The number of nitrogens with zero attached hydrogens (tertiary/aromatic N) is 1. The van der Waals surface area contributed by atoms with Crippen LogP contribution >= 0.6 is 0 Å². The molecule has 0 radical (unpaired) electrons. The summed E-state index contributed by atoms with van der Waals surface area (Å²) >= 11 is 0. The van der Waals surface area contributed by atoms with Crippen molar-refractivity contribution in [2.75, 3.05) is 12.8 Å². The molecule has 90 valence electrons. The first kappa shape index (κ1) is 10.7. The Morgan fingerprint density at radius 1 is 1.22 bits per heavy atom. The number of rotatable bonds is 2. The van der Waals surface area contributed by atoms with Gasteiger partial charge in [-0.2, -0.15) is 0 Å². The van der Waals surface area contributed by atoms with Gasteiger partial charge < -0.3 is 15.5 Å². The smallest absolute Gasteiger partial charge is 0.137 e. The van der Waals surface area contributed by atoms with Gasteiger partial charge in [0.25, 0.3) is 0 Å². The van der Waals surface area contributed by atoms with E-state index in [9.17, 15) is 0 Å². The van der Waals surface area contributed by atoms with E-state index in [0.717, 1.165) is 27.9 Å². The molecule has 0 fully saturated rings. The molecule has 4 nitrogen and oxygen atoms in total. The van der Waals surface area contributed by atoms with Crippen LogP contribution in [0.15, 0.2) is 42.7 Å². The van der Waals surface area contributed by atoms with Gasteiger partial charge in [-0.15, -0.1) is 0 Å². The van der Waals surface area contributed by atoms with Crippen LogP contribution in [-0.2, 0) is 0 Å². The van der Waals surface area contributed by atoms with Gasteiger partial charge in [-0.25, -0.2) is 4.98 Å². The molecule has 1 aromatic carbocycles. The maximum absolute atomic E-state index is 5.75. The number of nitrogen functional groups attached to an aromatic ring is 1. The third kappa shape index (κ3) is 1.68. The maximum atomic E-state index is 5.75. The van der Waals surface area contributed by atoms with Crippen LogP contribution in [0.2, 0.25) is 0 Å². The number of H-pyrrole nitrogens is 1. The fourth-order valence-electron chi connectivity index (χ4n) is 2.03. The monoisotopic (exact) mass is 239 g/mol. The Balaban J connectivity index is 2.18. The van der Waals surface area contributed by atoms with Crippen molar-refractivity contribution in [1.82, 2.24) is 9.97 Å². The first-order valence-corrected chi connectivity index (χ1v) is 5.65. The molecule has 0 atom stereocenters. The topological polar surface area (TPSA) is 63.9 Å². The number of aromatic nitrogens is 2. The quantitative estimate of drug-likeness (QED) is 0.676. The van der Waals surface area contributed by atoms with Crippen LogP contribution in [0, 0.1) is 0 Å². The number of nitrogens with one attached hydrogen (secondary N) is 1. The van der Waals surface area contributed by atoms with Crippen LogP contribution in [0.1, 0.15) is 0 Å². The molecule has 0 spiro atoms. The summed E-state index contributed by atoms with van der Waals surface area (Å²) in [5, 5.41) is 1.08. The average molecular weight is 239 g/mol. The van der Waals surface area contributed by atoms with E-state index in [0.29, 0.717) is 5.69 Å². The molecule has 2 heterocycles. The Kier molecular flexibility index (Phi) is 2.41. The van der Waals surface area contributed by atoms with Crippen molar-refractivity contribution in [3.8, 4) is 16.9 Å². The molecule has 0 aliphatic carbocycles. The molecule has 0 aliphatic rings. The SMILES string of the molecule is COc1cc(N)ccc1-c1cnc2[nH]ccc2c1. The Bertz CT molecular complexity index is 703. The zero-order chi connectivity index (χ0) is 12.5. The van der Waals surface area contributed by atoms with E-state index < -0.39 is 0 Å². The van der Waals surface area contributed by atoms with Crippen molar-refractivity contribution in [3.05, 3.63) is 42.7 Å². The first-order chi connectivity index (χ1) is 8.78. The summed E-state index contributed by atoms with van der Waals surface area (Å²) in [5.74, 6) is 0.756. The minimum Gasteiger partial charge on any atom is -0.496 e. The number of anilines is 1. The van der Waals surface area contributed by atoms with Crippen molar-refractivity contribution >= 4 is 16.7 Å². The second-order valence-corrected chi connectivity index (χ2v) is 4.10. The summed E-state index contributed by atoms with van der Waals surface area (Å²) in [7, 11) is 1.64. The van der Waals surface area contributed by atoms with Crippen molar-refractivity contribution < 1.29 is 4.74 Å². The molecule has 0 saturated heterocycles. The van der Waals surface area contributed by atoms with Crippen LogP contribution < -0.4 is 10.5 Å². The highest BCUT2D eigenvalue weighted by molar-refractivity contribution is 5.83. The highest BCUT2D eigenvalue weighted by Crippen LogP contribution is 2.32. The van der Waals surface area contributed by atoms with Gasteiger partial charge in [0.15, 0.2) is 0 Å². The number of pyridine rings is 1. The predicted molar refractivity (Wildman–Crippen MR) is 72.5 cm³/mol. The number of hydrogen-bond acceptors (Lipinski definition) is 3. The van der Waals surface area contributed by atoms with Gasteiger partial charge in [0.2, 0.25) is 0 Å². The fourth-order valence-corrected chi connectivity index (χ4v) is 2.03. The van der Waals surface area contributed by atoms with Crippen molar-refractivity contribution in [1.29, 1.82) is 0 Å². The lowest BCUT2D eigenvalue weighted by molar-refractivity contribution is 0.416. The largest absolute Gasteiger partial charge is 0.496 e. The maximum Gasteiger partial charge on any atom is 0.137 e. The molecule has 0 bridgehead atoms. The van der Waals surface area contributed by atoms with Crippen LogP contribution in [0.3, 0.4) is 0 Å². The number of fused-ring (bicyclic) bond motifs is 1. The van der Waals surface area contributed by atoms with Gasteiger partial charge >= 0.3 is 0 Å². The molecular formula is C14H13N3O. The summed E-state index contributed by atoms with van der Waals surface area (Å²) in [4.78, 5) is 7.45. The number of hydrogen-bond donors (Lipinski definition) is 2. The number of benzene rings is 1. The minimum atomic E-state index is 0.686. The molecule has 18 heavy (non-hydrogen) atoms. The van der Waals surface area contributed by atoms with Gasteiger partial charge in [0.1, 0.15) is 11.4 Å². The third-order valence-corrected chi connectivity index (χ3v) is 2.94. The Morgan fingerprint density at radius 2 is 2.11 bits per heavy atom. The van der Waals surface area contributed by atoms with Crippen LogP contribution in [-0.4, -0.2) is 17.1 Å². The molecule has 3 rings (SSSR count). The summed E-state index contributed by atoms with van der Waals surface area (Å²) in [6.45, 7) is 0. The van der Waals surface area contributed by atoms with E-state index in [1.807, 2.05) is 36.7 Å². The van der Waals surface area contributed by atoms with Gasteiger partial charge in [-0.3, -0.25) is 0 Å². The number of ether oxygens (including phenoxy) is 1. The molecule has 0 unspecified atom stereocenters. The Morgan fingerprint density at radius 3 is 2.94 bits per heavy atom. The standard InChI is InChI=1S/C14H13N3O/c1-18-13-7-11(15)2-3-12(13)10-6-9-4-5-16-14(9)17-8-10/h2-8H,15H2,1H3,(H,16,17). The molecular weight excluding hydrogens is 226 g/mol. The second kappa shape index (κ2) is 4.07. The fraction of sp³-hybridized carbons (Fsp3) is 0.0714. The van der Waals surface area contributed by atoms with Crippen molar-refractivity contribution in [2.45, 2.75) is 0 Å². The highest BCUT2D eigenvalue weighted by Gasteiger charge is 2.07. The third-order valence-electron chi connectivity index (χ3n) is 2.94. The molecule has 0 aliphatic heterocycles. The molecule has 3 aromatic rings. The first-order valence-electron chi connectivity index (χ1n) is 5.65. The molecule has 3 N–H and O–H groups in total. The van der Waals surface area contributed by atoms with Gasteiger partial charge in [0.05, 0.1) is 7.11 Å². The molecule has 0 amide bonds. The summed E-state index contributed by atoms with van der Waals surface area (Å²) in [6.07, 6.45) is 3.70. The van der Waals surface area contributed by atoms with E-state index in [4.69, 9.17) is 10.5 Å². The van der Waals surface area contributed by atoms with E-state index in [2.05, 4.69) is 16.0 Å². The lowest BCUT2D eigenvalue weighted by atomic mass is 10.1.